The molecule has 1 unspecified atom stereocenters. The molecular weight excluding hydrogens is 288 g/mol. The molecule has 0 aliphatic carbocycles. The van der Waals surface area contributed by atoms with E-state index in [4.69, 9.17) is 10.00 Å². The maximum atomic E-state index is 12.9. The number of sulfonamides is 1. The molecule has 1 atom stereocenters. The Morgan fingerprint density at radius 2 is 2.10 bits per heavy atom. The zero-order valence-corrected chi connectivity index (χ0v) is 13.8. The average Bonchev–Trinajstić information content (AvgIpc) is 2.47. The fourth-order valence-electron chi connectivity index (χ4n) is 2.04. The van der Waals surface area contributed by atoms with Crippen LogP contribution in [0.1, 0.15) is 31.4 Å². The maximum Gasteiger partial charge on any atom is 0.243 e. The van der Waals surface area contributed by atoms with Gasteiger partial charge in [0.05, 0.1) is 23.1 Å². The van der Waals surface area contributed by atoms with Crippen molar-refractivity contribution in [2.45, 2.75) is 38.1 Å². The number of nitriles is 1. The van der Waals surface area contributed by atoms with E-state index in [1.165, 1.54) is 10.4 Å². The summed E-state index contributed by atoms with van der Waals surface area (Å²) in [5.74, 6) is 0. The van der Waals surface area contributed by atoms with Crippen molar-refractivity contribution < 1.29 is 13.2 Å². The van der Waals surface area contributed by atoms with Crippen LogP contribution in [0.3, 0.4) is 0 Å². The van der Waals surface area contributed by atoms with E-state index in [1.54, 1.807) is 26.2 Å². The second-order valence-electron chi connectivity index (χ2n) is 4.96. The zero-order chi connectivity index (χ0) is 16.0. The number of benzene rings is 1. The second-order valence-corrected chi connectivity index (χ2v) is 6.82. The van der Waals surface area contributed by atoms with Gasteiger partial charge in [0.2, 0.25) is 10.0 Å². The molecule has 1 aromatic rings. The first kappa shape index (κ1) is 17.6. The van der Waals surface area contributed by atoms with Gasteiger partial charge in [-0.15, -0.1) is 0 Å². The van der Waals surface area contributed by atoms with Gasteiger partial charge in [-0.1, -0.05) is 13.0 Å². The summed E-state index contributed by atoms with van der Waals surface area (Å²) in [7, 11) is -2.10. The second kappa shape index (κ2) is 7.55. The summed E-state index contributed by atoms with van der Waals surface area (Å²) in [5, 5.41) is 8.98. The smallest absolute Gasteiger partial charge is 0.243 e. The van der Waals surface area contributed by atoms with Gasteiger partial charge in [0.1, 0.15) is 0 Å². The number of hydrogen-bond donors (Lipinski definition) is 0. The molecule has 0 saturated heterocycles. The maximum absolute atomic E-state index is 12.9. The molecule has 1 rings (SSSR count). The predicted molar refractivity (Wildman–Crippen MR) is 81.4 cm³/mol. The molecule has 0 spiro atoms. The van der Waals surface area contributed by atoms with Crippen molar-refractivity contribution in [2.75, 3.05) is 20.3 Å². The molecule has 0 heterocycles. The average molecular weight is 310 g/mol. The number of aryl methyl sites for hydroxylation is 1. The quantitative estimate of drug-likeness (QED) is 0.775. The van der Waals surface area contributed by atoms with Gasteiger partial charge in [0.15, 0.2) is 0 Å². The van der Waals surface area contributed by atoms with Crippen LogP contribution in [0.15, 0.2) is 23.1 Å². The van der Waals surface area contributed by atoms with Crippen molar-refractivity contribution in [3.05, 3.63) is 29.3 Å². The molecule has 0 aliphatic heterocycles. The van der Waals surface area contributed by atoms with Crippen molar-refractivity contribution in [1.82, 2.24) is 4.31 Å². The minimum Gasteiger partial charge on any atom is -0.383 e. The normalized spacial score (nSPS) is 13.1. The van der Waals surface area contributed by atoms with Crippen LogP contribution in [0, 0.1) is 18.3 Å². The minimum absolute atomic E-state index is 0.129. The van der Waals surface area contributed by atoms with E-state index in [2.05, 4.69) is 0 Å². The Bertz CT molecular complexity index is 620. The molecule has 116 valence electrons. The van der Waals surface area contributed by atoms with E-state index in [0.29, 0.717) is 30.7 Å². The van der Waals surface area contributed by atoms with E-state index in [9.17, 15) is 8.42 Å². The van der Waals surface area contributed by atoms with Gasteiger partial charge in [0.25, 0.3) is 0 Å². The molecule has 6 heteroatoms. The van der Waals surface area contributed by atoms with E-state index < -0.39 is 10.0 Å². The molecule has 1 aromatic carbocycles. The lowest BCUT2D eigenvalue weighted by Crippen LogP contribution is -2.40. The van der Waals surface area contributed by atoms with Crippen LogP contribution in [0.25, 0.3) is 0 Å². The first-order chi connectivity index (χ1) is 9.88. The Hall–Kier alpha value is -1.42. The van der Waals surface area contributed by atoms with Crippen LogP contribution < -0.4 is 0 Å². The third-order valence-corrected chi connectivity index (χ3v) is 5.66. The first-order valence-corrected chi connectivity index (χ1v) is 8.34. The van der Waals surface area contributed by atoms with Crippen LogP contribution in [-0.4, -0.2) is 39.0 Å². The lowest BCUT2D eigenvalue weighted by Gasteiger charge is -2.28. The first-order valence-electron chi connectivity index (χ1n) is 6.90. The van der Waals surface area contributed by atoms with Crippen molar-refractivity contribution >= 4 is 10.0 Å². The number of ether oxygens (including phenoxy) is 1. The molecule has 0 aliphatic rings. The van der Waals surface area contributed by atoms with Gasteiger partial charge in [-0.05, 0) is 38.0 Å². The van der Waals surface area contributed by atoms with E-state index >= 15 is 0 Å². The number of rotatable bonds is 7. The van der Waals surface area contributed by atoms with E-state index in [1.807, 2.05) is 19.9 Å². The highest BCUT2D eigenvalue weighted by molar-refractivity contribution is 7.89. The Kier molecular flexibility index (Phi) is 6.34. The lowest BCUT2D eigenvalue weighted by molar-refractivity contribution is 0.167. The van der Waals surface area contributed by atoms with Gasteiger partial charge >= 0.3 is 0 Å². The minimum atomic E-state index is -3.65. The predicted octanol–water partition coefficient (Wildman–Crippen LogP) is 2.30. The molecule has 0 radical (unpaired) electrons. The topological polar surface area (TPSA) is 70.4 Å². The van der Waals surface area contributed by atoms with Crippen LogP contribution in [0.2, 0.25) is 0 Å². The zero-order valence-electron chi connectivity index (χ0n) is 13.0. The van der Waals surface area contributed by atoms with Crippen LogP contribution in [-0.2, 0) is 14.8 Å². The third kappa shape index (κ3) is 4.03. The summed E-state index contributed by atoms with van der Waals surface area (Å²) in [6, 6.07) is 6.58. The molecular formula is C15H22N2O3S. The summed E-state index contributed by atoms with van der Waals surface area (Å²) >= 11 is 0. The van der Waals surface area contributed by atoms with Crippen molar-refractivity contribution in [1.29, 1.82) is 5.26 Å². The Balaban J connectivity index is 3.31. The van der Waals surface area contributed by atoms with Gasteiger partial charge in [-0.2, -0.15) is 9.57 Å². The van der Waals surface area contributed by atoms with Crippen molar-refractivity contribution in [3.63, 3.8) is 0 Å². The summed E-state index contributed by atoms with van der Waals surface area (Å²) in [4.78, 5) is 0.193. The SMILES string of the molecule is CCC(C)N(CCOC)S(=O)(=O)c1cc(C#N)ccc1C. The number of methoxy groups -OCH3 is 1. The largest absolute Gasteiger partial charge is 0.383 e. The highest BCUT2D eigenvalue weighted by atomic mass is 32.2. The highest BCUT2D eigenvalue weighted by Crippen LogP contribution is 2.23. The Morgan fingerprint density at radius 1 is 1.43 bits per heavy atom. The summed E-state index contributed by atoms with van der Waals surface area (Å²) in [6.45, 7) is 6.18. The monoisotopic (exact) mass is 310 g/mol. The fraction of sp³-hybridized carbons (Fsp3) is 0.533. The van der Waals surface area contributed by atoms with Crippen molar-refractivity contribution in [2.24, 2.45) is 0 Å². The summed E-state index contributed by atoms with van der Waals surface area (Å²) in [5.41, 5.74) is 0.981. The molecule has 5 nitrogen and oxygen atoms in total. The fourth-order valence-corrected chi connectivity index (χ4v) is 3.98. The van der Waals surface area contributed by atoms with Gasteiger partial charge in [-0.3, -0.25) is 0 Å². The van der Waals surface area contributed by atoms with Crippen LogP contribution in [0.4, 0.5) is 0 Å². The van der Waals surface area contributed by atoms with Crippen LogP contribution >= 0.6 is 0 Å². The molecule has 21 heavy (non-hydrogen) atoms. The number of nitrogens with zero attached hydrogens (tertiary/aromatic N) is 2. The third-order valence-electron chi connectivity index (χ3n) is 3.50. The standard InChI is InChI=1S/C15H22N2O3S/c1-5-13(3)17(8-9-20-4)21(18,19)15-10-14(11-16)7-6-12(15)2/h6-7,10,13H,5,8-9H2,1-4H3. The summed E-state index contributed by atoms with van der Waals surface area (Å²) in [6.07, 6.45) is 0.708. The highest BCUT2D eigenvalue weighted by Gasteiger charge is 2.29. The van der Waals surface area contributed by atoms with Gasteiger partial charge in [-0.25, -0.2) is 8.42 Å². The van der Waals surface area contributed by atoms with Gasteiger partial charge < -0.3 is 4.74 Å². The van der Waals surface area contributed by atoms with Gasteiger partial charge in [0, 0.05) is 19.7 Å². The Morgan fingerprint density at radius 3 is 2.62 bits per heavy atom. The summed E-state index contributed by atoms with van der Waals surface area (Å²) < 4.78 is 32.2. The molecule has 0 saturated carbocycles. The van der Waals surface area contributed by atoms with Crippen LogP contribution in [0.5, 0.6) is 0 Å². The van der Waals surface area contributed by atoms with Crippen molar-refractivity contribution in [3.8, 4) is 6.07 Å². The lowest BCUT2D eigenvalue weighted by atomic mass is 10.2. The molecule has 0 aromatic heterocycles. The van der Waals surface area contributed by atoms with E-state index in [0.717, 1.165) is 0 Å². The molecule has 0 fully saturated rings. The molecule has 0 amide bonds. The Labute approximate surface area is 127 Å². The molecule has 0 bridgehead atoms. The molecule has 0 N–H and O–H groups in total. The number of hydrogen-bond acceptors (Lipinski definition) is 4. The van der Waals surface area contributed by atoms with E-state index in [-0.39, 0.29) is 10.9 Å².